The molecule has 1 saturated carbocycles. The summed E-state index contributed by atoms with van der Waals surface area (Å²) in [7, 11) is 0. The number of carbonyl (C=O) groups is 1. The molecule has 1 saturated heterocycles. The van der Waals surface area contributed by atoms with Gasteiger partial charge in [-0.25, -0.2) is 0 Å². The molecule has 2 fully saturated rings. The molecule has 0 aromatic heterocycles. The van der Waals surface area contributed by atoms with Crippen LogP contribution < -0.4 is 5.32 Å². The zero-order chi connectivity index (χ0) is 14.0. The molecular formula is C16H20ClNO2. The Morgan fingerprint density at radius 3 is 2.95 bits per heavy atom. The second-order valence-electron chi connectivity index (χ2n) is 5.81. The average Bonchev–Trinajstić information content (AvgIpc) is 3.02. The third kappa shape index (κ3) is 3.15. The number of ether oxygens (including phenoxy) is 1. The van der Waals surface area contributed by atoms with Crippen LogP contribution in [0.1, 0.15) is 44.1 Å². The van der Waals surface area contributed by atoms with E-state index in [0.29, 0.717) is 6.42 Å². The zero-order valence-electron chi connectivity index (χ0n) is 11.5. The topological polar surface area (TPSA) is 38.3 Å². The molecule has 0 bridgehead atoms. The van der Waals surface area contributed by atoms with Crippen molar-refractivity contribution in [3.05, 3.63) is 34.9 Å². The SMILES string of the molecule is O=C(CC[C@@H]1CCCO1)NC1(c2cccc(Cl)c2)CC1. The number of hydrogen-bond acceptors (Lipinski definition) is 2. The zero-order valence-corrected chi connectivity index (χ0v) is 12.3. The van der Waals surface area contributed by atoms with Crippen LogP contribution in [-0.4, -0.2) is 18.6 Å². The molecule has 1 atom stereocenters. The average molecular weight is 294 g/mol. The molecular weight excluding hydrogens is 274 g/mol. The molecule has 2 aliphatic rings. The third-order valence-electron chi connectivity index (χ3n) is 4.22. The van der Waals surface area contributed by atoms with E-state index in [0.717, 1.165) is 49.3 Å². The number of amides is 1. The minimum atomic E-state index is -0.168. The fourth-order valence-electron chi connectivity index (χ4n) is 2.89. The molecule has 108 valence electrons. The van der Waals surface area contributed by atoms with Crippen LogP contribution in [0.2, 0.25) is 5.02 Å². The van der Waals surface area contributed by atoms with E-state index in [1.165, 1.54) is 0 Å². The second kappa shape index (κ2) is 5.74. The van der Waals surface area contributed by atoms with Gasteiger partial charge in [0.2, 0.25) is 5.91 Å². The molecule has 3 nitrogen and oxygen atoms in total. The van der Waals surface area contributed by atoms with Gasteiger partial charge in [-0.15, -0.1) is 0 Å². The first-order chi connectivity index (χ1) is 9.68. The Balaban J connectivity index is 1.55. The van der Waals surface area contributed by atoms with Crippen LogP contribution in [0.15, 0.2) is 24.3 Å². The number of benzene rings is 1. The Kier molecular flexibility index (Phi) is 3.99. The number of carbonyl (C=O) groups excluding carboxylic acids is 1. The predicted octanol–water partition coefficient (Wildman–Crippen LogP) is 3.40. The maximum absolute atomic E-state index is 12.1. The lowest BCUT2D eigenvalue weighted by atomic mass is 10.0. The van der Waals surface area contributed by atoms with Gasteiger partial charge < -0.3 is 10.1 Å². The van der Waals surface area contributed by atoms with Gasteiger partial charge in [-0.05, 0) is 49.8 Å². The van der Waals surface area contributed by atoms with Crippen molar-refractivity contribution >= 4 is 17.5 Å². The van der Waals surface area contributed by atoms with Gasteiger partial charge in [0, 0.05) is 18.1 Å². The maximum atomic E-state index is 12.1. The highest BCUT2D eigenvalue weighted by atomic mass is 35.5. The van der Waals surface area contributed by atoms with Gasteiger partial charge in [0.1, 0.15) is 0 Å². The summed E-state index contributed by atoms with van der Waals surface area (Å²) in [4.78, 5) is 12.1. The second-order valence-corrected chi connectivity index (χ2v) is 6.25. The van der Waals surface area contributed by atoms with Crippen molar-refractivity contribution in [2.45, 2.75) is 50.2 Å². The first kappa shape index (κ1) is 13.9. The van der Waals surface area contributed by atoms with Gasteiger partial charge in [0.05, 0.1) is 11.6 Å². The van der Waals surface area contributed by atoms with E-state index in [1.807, 2.05) is 24.3 Å². The summed E-state index contributed by atoms with van der Waals surface area (Å²) in [5.74, 6) is 0.123. The lowest BCUT2D eigenvalue weighted by Gasteiger charge is -2.19. The van der Waals surface area contributed by atoms with Crippen LogP contribution >= 0.6 is 11.6 Å². The fourth-order valence-corrected chi connectivity index (χ4v) is 3.08. The molecule has 0 radical (unpaired) electrons. The molecule has 3 rings (SSSR count). The highest BCUT2D eigenvalue weighted by molar-refractivity contribution is 6.30. The van der Waals surface area contributed by atoms with E-state index in [9.17, 15) is 4.79 Å². The van der Waals surface area contributed by atoms with Gasteiger partial charge in [0.25, 0.3) is 0 Å². The number of nitrogens with one attached hydrogen (secondary N) is 1. The maximum Gasteiger partial charge on any atom is 0.220 e. The molecule has 4 heteroatoms. The molecule has 1 N–H and O–H groups in total. The summed E-state index contributed by atoms with van der Waals surface area (Å²) in [5.41, 5.74) is 0.953. The van der Waals surface area contributed by atoms with Crippen LogP contribution in [0.25, 0.3) is 0 Å². The van der Waals surface area contributed by atoms with Crippen LogP contribution in [-0.2, 0) is 15.1 Å². The number of hydrogen-bond donors (Lipinski definition) is 1. The van der Waals surface area contributed by atoms with Gasteiger partial charge >= 0.3 is 0 Å². The highest BCUT2D eigenvalue weighted by Crippen LogP contribution is 2.46. The van der Waals surface area contributed by atoms with E-state index in [2.05, 4.69) is 5.32 Å². The van der Waals surface area contributed by atoms with E-state index in [-0.39, 0.29) is 17.6 Å². The van der Waals surface area contributed by atoms with E-state index in [1.54, 1.807) is 0 Å². The minimum absolute atomic E-state index is 0.123. The first-order valence-corrected chi connectivity index (χ1v) is 7.74. The highest BCUT2D eigenvalue weighted by Gasteiger charge is 2.45. The van der Waals surface area contributed by atoms with Crippen molar-refractivity contribution in [2.75, 3.05) is 6.61 Å². The Morgan fingerprint density at radius 1 is 1.45 bits per heavy atom. The smallest absolute Gasteiger partial charge is 0.220 e. The monoisotopic (exact) mass is 293 g/mol. The predicted molar refractivity (Wildman–Crippen MR) is 78.7 cm³/mol. The summed E-state index contributed by atoms with van der Waals surface area (Å²) in [6.45, 7) is 0.846. The molecule has 0 unspecified atom stereocenters. The molecule has 1 aromatic carbocycles. The Morgan fingerprint density at radius 2 is 2.30 bits per heavy atom. The molecule has 1 aliphatic carbocycles. The van der Waals surface area contributed by atoms with Gasteiger partial charge in [0.15, 0.2) is 0 Å². The lowest BCUT2D eigenvalue weighted by Crippen LogP contribution is -2.35. The standard InChI is InChI=1S/C16H20ClNO2/c17-13-4-1-3-12(11-13)16(8-9-16)18-15(19)7-6-14-5-2-10-20-14/h1,3-4,11,14H,2,5-10H2,(H,18,19)/t14-/m0/s1. The Hall–Kier alpha value is -1.06. The quantitative estimate of drug-likeness (QED) is 0.903. The largest absolute Gasteiger partial charge is 0.378 e. The first-order valence-electron chi connectivity index (χ1n) is 7.37. The minimum Gasteiger partial charge on any atom is -0.378 e. The Bertz CT molecular complexity index is 493. The molecule has 1 amide bonds. The van der Waals surface area contributed by atoms with Crippen molar-refractivity contribution in [1.82, 2.24) is 5.32 Å². The van der Waals surface area contributed by atoms with Gasteiger partial charge in [-0.1, -0.05) is 23.7 Å². The van der Waals surface area contributed by atoms with Gasteiger partial charge in [-0.2, -0.15) is 0 Å². The van der Waals surface area contributed by atoms with Crippen molar-refractivity contribution in [1.29, 1.82) is 0 Å². The van der Waals surface area contributed by atoms with Crippen molar-refractivity contribution < 1.29 is 9.53 Å². The van der Waals surface area contributed by atoms with Crippen molar-refractivity contribution in [2.24, 2.45) is 0 Å². The van der Waals surface area contributed by atoms with Crippen molar-refractivity contribution in [3.8, 4) is 0 Å². The van der Waals surface area contributed by atoms with Crippen LogP contribution in [0.4, 0.5) is 0 Å². The summed E-state index contributed by atoms with van der Waals surface area (Å²) in [6, 6.07) is 7.80. The normalized spacial score (nSPS) is 23.6. The number of halogens is 1. The van der Waals surface area contributed by atoms with E-state index >= 15 is 0 Å². The van der Waals surface area contributed by atoms with Crippen LogP contribution in [0.5, 0.6) is 0 Å². The number of rotatable bonds is 5. The summed E-state index contributed by atoms with van der Waals surface area (Å²) in [6.07, 6.45) is 5.87. The van der Waals surface area contributed by atoms with Crippen LogP contribution in [0, 0.1) is 0 Å². The van der Waals surface area contributed by atoms with Gasteiger partial charge in [-0.3, -0.25) is 4.79 Å². The summed E-state index contributed by atoms with van der Waals surface area (Å²) in [5, 5.41) is 3.91. The molecule has 20 heavy (non-hydrogen) atoms. The van der Waals surface area contributed by atoms with E-state index in [4.69, 9.17) is 16.3 Å². The van der Waals surface area contributed by atoms with Crippen LogP contribution in [0.3, 0.4) is 0 Å². The third-order valence-corrected chi connectivity index (χ3v) is 4.46. The van der Waals surface area contributed by atoms with Crippen molar-refractivity contribution in [3.63, 3.8) is 0 Å². The fraction of sp³-hybridized carbons (Fsp3) is 0.562. The lowest BCUT2D eigenvalue weighted by molar-refractivity contribution is -0.122. The summed E-state index contributed by atoms with van der Waals surface area (Å²) < 4.78 is 5.55. The summed E-state index contributed by atoms with van der Waals surface area (Å²) >= 11 is 6.03. The molecule has 1 heterocycles. The molecule has 0 spiro atoms. The molecule has 1 aromatic rings. The Labute approximate surface area is 124 Å². The molecule has 1 aliphatic heterocycles. The van der Waals surface area contributed by atoms with E-state index < -0.39 is 0 Å².